The molecule has 0 bridgehead atoms. The number of benzene rings is 1. The van der Waals surface area contributed by atoms with Crippen LogP contribution in [0.3, 0.4) is 0 Å². The Hall–Kier alpha value is -1.57. The molecule has 0 saturated carbocycles. The largest absolute Gasteiger partial charge is 0.306 e. The molecular weight excluding hydrogens is 244 g/mol. The van der Waals surface area contributed by atoms with E-state index in [0.717, 1.165) is 5.69 Å². The van der Waals surface area contributed by atoms with Gasteiger partial charge in [0, 0.05) is 11.9 Å². The summed E-state index contributed by atoms with van der Waals surface area (Å²) in [5.74, 6) is 0. The van der Waals surface area contributed by atoms with Crippen LogP contribution in [0, 0.1) is 6.92 Å². The maximum Gasteiger partial charge on any atom is 0.0995 e. The minimum Gasteiger partial charge on any atom is -0.306 e. The van der Waals surface area contributed by atoms with E-state index in [4.69, 9.17) is 0 Å². The van der Waals surface area contributed by atoms with Crippen LogP contribution >= 0.6 is 0 Å². The Balaban J connectivity index is 2.63. The third kappa shape index (κ3) is 3.12. The highest BCUT2D eigenvalue weighted by atomic mass is 15.0. The van der Waals surface area contributed by atoms with Crippen molar-refractivity contribution in [3.8, 4) is 5.69 Å². The van der Waals surface area contributed by atoms with Crippen LogP contribution in [-0.4, -0.2) is 9.55 Å². The Morgan fingerprint density at radius 2 is 1.35 bits per heavy atom. The number of aromatic nitrogens is 2. The molecule has 0 N–H and O–H groups in total. The van der Waals surface area contributed by atoms with E-state index in [1.165, 1.54) is 16.8 Å². The fourth-order valence-corrected chi connectivity index (χ4v) is 2.19. The maximum atomic E-state index is 4.34. The standard InChI is InChI=1S/C18H26N2/c1-13-11-20(12-19-13)16-9-14(17(2,3)4)8-15(10-16)18(5,6)7/h8-12H,1-7H3. The van der Waals surface area contributed by atoms with Gasteiger partial charge in [0.1, 0.15) is 0 Å². The molecule has 0 atom stereocenters. The van der Waals surface area contributed by atoms with Gasteiger partial charge in [0.15, 0.2) is 0 Å². The van der Waals surface area contributed by atoms with Crippen LogP contribution in [0.25, 0.3) is 5.69 Å². The van der Waals surface area contributed by atoms with Crippen LogP contribution in [0.15, 0.2) is 30.7 Å². The van der Waals surface area contributed by atoms with Crippen LogP contribution in [0.4, 0.5) is 0 Å². The Bertz CT molecular complexity index is 575. The lowest BCUT2D eigenvalue weighted by Crippen LogP contribution is -2.17. The maximum absolute atomic E-state index is 4.34. The number of nitrogens with zero attached hydrogens (tertiary/aromatic N) is 2. The van der Waals surface area contributed by atoms with Gasteiger partial charge in [-0.2, -0.15) is 0 Å². The van der Waals surface area contributed by atoms with Crippen molar-refractivity contribution in [1.29, 1.82) is 0 Å². The van der Waals surface area contributed by atoms with E-state index < -0.39 is 0 Å². The zero-order valence-corrected chi connectivity index (χ0v) is 13.8. The van der Waals surface area contributed by atoms with Crippen LogP contribution in [0.2, 0.25) is 0 Å². The van der Waals surface area contributed by atoms with Crippen molar-refractivity contribution >= 4 is 0 Å². The van der Waals surface area contributed by atoms with Gasteiger partial charge in [0.05, 0.1) is 12.0 Å². The Kier molecular flexibility index (Phi) is 3.53. The lowest BCUT2D eigenvalue weighted by molar-refractivity contribution is 0.567. The lowest BCUT2D eigenvalue weighted by Gasteiger charge is -2.26. The molecule has 2 aromatic rings. The van der Waals surface area contributed by atoms with Crippen LogP contribution in [-0.2, 0) is 10.8 Å². The van der Waals surface area contributed by atoms with Gasteiger partial charge in [-0.15, -0.1) is 0 Å². The van der Waals surface area contributed by atoms with Crippen molar-refractivity contribution < 1.29 is 0 Å². The van der Waals surface area contributed by atoms with Crippen LogP contribution < -0.4 is 0 Å². The SMILES string of the molecule is Cc1cn(-c2cc(C(C)(C)C)cc(C(C)(C)C)c2)cn1. The third-order valence-corrected chi connectivity index (χ3v) is 3.66. The van der Waals surface area contributed by atoms with Crippen molar-refractivity contribution in [3.05, 3.63) is 47.5 Å². The molecular formula is C18H26N2. The number of hydrogen-bond donors (Lipinski definition) is 0. The molecule has 0 radical (unpaired) electrons. The van der Waals surface area contributed by atoms with Gasteiger partial charge in [-0.05, 0) is 41.0 Å². The Labute approximate surface area is 122 Å². The van der Waals surface area contributed by atoms with E-state index in [1.807, 2.05) is 13.3 Å². The number of imidazole rings is 1. The second-order valence-electron chi connectivity index (χ2n) is 7.69. The van der Waals surface area contributed by atoms with Crippen LogP contribution in [0.1, 0.15) is 58.4 Å². The summed E-state index contributed by atoms with van der Waals surface area (Å²) in [4.78, 5) is 4.34. The van der Waals surface area contributed by atoms with Gasteiger partial charge in [0.2, 0.25) is 0 Å². The first-order valence-corrected chi connectivity index (χ1v) is 7.24. The molecule has 0 saturated heterocycles. The lowest BCUT2D eigenvalue weighted by atomic mass is 9.80. The van der Waals surface area contributed by atoms with Gasteiger partial charge in [-0.1, -0.05) is 47.6 Å². The molecule has 1 heterocycles. The number of hydrogen-bond acceptors (Lipinski definition) is 1. The molecule has 20 heavy (non-hydrogen) atoms. The first-order chi connectivity index (χ1) is 9.07. The molecule has 1 aromatic heterocycles. The minimum absolute atomic E-state index is 0.144. The molecule has 0 aliphatic heterocycles. The molecule has 0 aliphatic carbocycles. The van der Waals surface area contributed by atoms with E-state index in [-0.39, 0.29) is 10.8 Å². The highest BCUT2D eigenvalue weighted by molar-refractivity contribution is 5.45. The molecule has 1 aromatic carbocycles. The first-order valence-electron chi connectivity index (χ1n) is 7.24. The van der Waals surface area contributed by atoms with Gasteiger partial charge >= 0.3 is 0 Å². The quantitative estimate of drug-likeness (QED) is 0.729. The first kappa shape index (κ1) is 14.8. The van der Waals surface area contributed by atoms with Crippen molar-refractivity contribution in [2.45, 2.75) is 59.3 Å². The van der Waals surface area contributed by atoms with Crippen molar-refractivity contribution in [1.82, 2.24) is 9.55 Å². The van der Waals surface area contributed by atoms with E-state index in [1.54, 1.807) is 0 Å². The van der Waals surface area contributed by atoms with Gasteiger partial charge in [-0.3, -0.25) is 0 Å². The predicted octanol–water partition coefficient (Wildman–Crippen LogP) is 4.78. The highest BCUT2D eigenvalue weighted by Crippen LogP contribution is 2.31. The summed E-state index contributed by atoms with van der Waals surface area (Å²) < 4.78 is 2.11. The zero-order chi connectivity index (χ0) is 15.1. The third-order valence-electron chi connectivity index (χ3n) is 3.66. The monoisotopic (exact) mass is 270 g/mol. The fraction of sp³-hybridized carbons (Fsp3) is 0.500. The molecule has 2 heteroatoms. The normalized spacial score (nSPS) is 12.8. The van der Waals surface area contributed by atoms with E-state index in [2.05, 4.69) is 75.5 Å². The number of aryl methyl sites for hydroxylation is 1. The Morgan fingerprint density at radius 3 is 1.70 bits per heavy atom. The van der Waals surface area contributed by atoms with E-state index in [0.29, 0.717) is 0 Å². The highest BCUT2D eigenvalue weighted by Gasteiger charge is 2.20. The molecule has 0 spiro atoms. The summed E-state index contributed by atoms with van der Waals surface area (Å²) in [5.41, 5.74) is 5.26. The summed E-state index contributed by atoms with van der Waals surface area (Å²) in [6.07, 6.45) is 3.97. The van der Waals surface area contributed by atoms with Crippen molar-refractivity contribution in [2.75, 3.05) is 0 Å². The summed E-state index contributed by atoms with van der Waals surface area (Å²) in [6, 6.07) is 6.89. The predicted molar refractivity (Wildman–Crippen MR) is 85.7 cm³/mol. The van der Waals surface area contributed by atoms with Crippen molar-refractivity contribution in [2.24, 2.45) is 0 Å². The number of rotatable bonds is 1. The second-order valence-corrected chi connectivity index (χ2v) is 7.69. The smallest absolute Gasteiger partial charge is 0.0995 e. The topological polar surface area (TPSA) is 17.8 Å². The van der Waals surface area contributed by atoms with Gasteiger partial charge in [-0.25, -0.2) is 4.98 Å². The molecule has 0 fully saturated rings. The van der Waals surface area contributed by atoms with Gasteiger partial charge in [0.25, 0.3) is 0 Å². The summed E-state index contributed by atoms with van der Waals surface area (Å²) in [7, 11) is 0. The molecule has 0 unspecified atom stereocenters. The minimum atomic E-state index is 0.144. The summed E-state index contributed by atoms with van der Waals surface area (Å²) >= 11 is 0. The average molecular weight is 270 g/mol. The summed E-state index contributed by atoms with van der Waals surface area (Å²) in [6.45, 7) is 15.6. The molecule has 0 amide bonds. The Morgan fingerprint density at radius 1 is 0.850 bits per heavy atom. The molecule has 2 nitrogen and oxygen atoms in total. The van der Waals surface area contributed by atoms with Gasteiger partial charge < -0.3 is 4.57 Å². The van der Waals surface area contributed by atoms with E-state index in [9.17, 15) is 0 Å². The molecule has 0 aliphatic rings. The van der Waals surface area contributed by atoms with Crippen LogP contribution in [0.5, 0.6) is 0 Å². The molecule has 108 valence electrons. The second kappa shape index (κ2) is 4.76. The average Bonchev–Trinajstić information content (AvgIpc) is 2.73. The summed E-state index contributed by atoms with van der Waals surface area (Å²) in [5, 5.41) is 0. The van der Waals surface area contributed by atoms with E-state index >= 15 is 0 Å². The molecule has 2 rings (SSSR count). The fourth-order valence-electron chi connectivity index (χ4n) is 2.19. The van der Waals surface area contributed by atoms with Crippen molar-refractivity contribution in [3.63, 3.8) is 0 Å². The zero-order valence-electron chi connectivity index (χ0n) is 13.8.